The molecular weight excluding hydrogens is 382 g/mol. The summed E-state index contributed by atoms with van der Waals surface area (Å²) >= 11 is 1.46. The molecule has 1 aliphatic rings. The average Bonchev–Trinajstić information content (AvgIpc) is 3.11. The highest BCUT2D eigenvalue weighted by molar-refractivity contribution is 8.00. The Bertz CT molecular complexity index is 965. The maximum Gasteiger partial charge on any atom is 0.240 e. The van der Waals surface area contributed by atoms with Gasteiger partial charge in [-0.1, -0.05) is 42.1 Å². The molecule has 1 atom stereocenters. The molecule has 0 radical (unpaired) electrons. The Balaban J connectivity index is 1.57. The van der Waals surface area contributed by atoms with Crippen molar-refractivity contribution in [3.63, 3.8) is 0 Å². The van der Waals surface area contributed by atoms with Crippen LogP contribution in [0.1, 0.15) is 41.5 Å². The lowest BCUT2D eigenvalue weighted by atomic mass is 10.1. The summed E-state index contributed by atoms with van der Waals surface area (Å²) in [5.74, 6) is 0.837. The molecular formula is C22H25N5OS. The van der Waals surface area contributed by atoms with E-state index >= 15 is 0 Å². The summed E-state index contributed by atoms with van der Waals surface area (Å²) in [7, 11) is 0. The Morgan fingerprint density at radius 3 is 2.38 bits per heavy atom. The molecule has 7 heteroatoms. The average molecular weight is 408 g/mol. The van der Waals surface area contributed by atoms with Gasteiger partial charge >= 0.3 is 0 Å². The Kier molecular flexibility index (Phi) is 5.94. The molecule has 1 saturated heterocycles. The van der Waals surface area contributed by atoms with Crippen molar-refractivity contribution in [2.45, 2.75) is 43.4 Å². The molecule has 0 spiro atoms. The molecule has 6 nitrogen and oxygen atoms in total. The van der Waals surface area contributed by atoms with Gasteiger partial charge in [-0.25, -0.2) is 4.68 Å². The molecule has 0 saturated carbocycles. The Hall–Kier alpha value is -2.67. The molecule has 0 unspecified atom stereocenters. The smallest absolute Gasteiger partial charge is 0.240 e. The zero-order valence-electron chi connectivity index (χ0n) is 16.8. The van der Waals surface area contributed by atoms with E-state index in [1.54, 1.807) is 4.68 Å². The predicted molar refractivity (Wildman–Crippen MR) is 114 cm³/mol. The largest absolute Gasteiger partial charge is 0.341 e. The lowest BCUT2D eigenvalue weighted by molar-refractivity contribution is -0.131. The van der Waals surface area contributed by atoms with Gasteiger partial charge in [0.15, 0.2) is 5.82 Å². The zero-order chi connectivity index (χ0) is 20.2. The van der Waals surface area contributed by atoms with Crippen molar-refractivity contribution in [2.24, 2.45) is 0 Å². The van der Waals surface area contributed by atoms with E-state index in [4.69, 9.17) is 0 Å². The summed E-state index contributed by atoms with van der Waals surface area (Å²) in [5.41, 5.74) is 2.95. The SMILES string of the molecule is Cc1cc(C)n(-c2ccc(S[C@H](C(=O)N3CCCCC3)c3ccccc3)nn2)n1. The molecule has 1 amide bonds. The number of benzene rings is 1. The van der Waals surface area contributed by atoms with Crippen LogP contribution in [0.2, 0.25) is 0 Å². The number of aromatic nitrogens is 4. The number of amides is 1. The highest BCUT2D eigenvalue weighted by Gasteiger charge is 2.28. The number of nitrogens with zero attached hydrogens (tertiary/aromatic N) is 5. The van der Waals surface area contributed by atoms with Gasteiger partial charge in [-0.3, -0.25) is 4.79 Å². The van der Waals surface area contributed by atoms with E-state index in [1.165, 1.54) is 18.2 Å². The molecule has 1 aliphatic heterocycles. The summed E-state index contributed by atoms with van der Waals surface area (Å²) in [5, 5.41) is 13.6. The van der Waals surface area contributed by atoms with E-state index in [0.717, 1.165) is 47.9 Å². The second-order valence-corrected chi connectivity index (χ2v) is 8.49. The van der Waals surface area contributed by atoms with Crippen LogP contribution in [0.3, 0.4) is 0 Å². The maximum atomic E-state index is 13.3. The minimum Gasteiger partial charge on any atom is -0.341 e. The first-order chi connectivity index (χ1) is 14.1. The number of hydrogen-bond donors (Lipinski definition) is 0. The van der Waals surface area contributed by atoms with Crippen LogP contribution in [-0.4, -0.2) is 43.9 Å². The van der Waals surface area contributed by atoms with Crippen LogP contribution < -0.4 is 0 Å². The van der Waals surface area contributed by atoms with Crippen molar-refractivity contribution in [3.05, 3.63) is 65.5 Å². The van der Waals surface area contributed by atoms with Crippen molar-refractivity contribution in [3.8, 4) is 5.82 Å². The van der Waals surface area contributed by atoms with Crippen molar-refractivity contribution in [2.75, 3.05) is 13.1 Å². The molecule has 0 bridgehead atoms. The monoisotopic (exact) mass is 407 g/mol. The zero-order valence-corrected chi connectivity index (χ0v) is 17.6. The Morgan fingerprint density at radius 2 is 1.76 bits per heavy atom. The Labute approximate surface area is 175 Å². The van der Waals surface area contributed by atoms with Crippen LogP contribution in [0.25, 0.3) is 5.82 Å². The minimum atomic E-state index is -0.317. The van der Waals surface area contributed by atoms with Gasteiger partial charge in [0.2, 0.25) is 5.91 Å². The minimum absolute atomic E-state index is 0.158. The summed E-state index contributed by atoms with van der Waals surface area (Å²) in [6.45, 7) is 5.63. The van der Waals surface area contributed by atoms with Gasteiger partial charge in [-0.2, -0.15) is 5.10 Å². The van der Waals surface area contributed by atoms with E-state index in [-0.39, 0.29) is 11.2 Å². The van der Waals surface area contributed by atoms with Crippen molar-refractivity contribution in [1.29, 1.82) is 0 Å². The summed E-state index contributed by atoms with van der Waals surface area (Å²) < 4.78 is 1.78. The highest BCUT2D eigenvalue weighted by Crippen LogP contribution is 2.36. The summed E-state index contributed by atoms with van der Waals surface area (Å²) in [6.07, 6.45) is 3.36. The van der Waals surface area contributed by atoms with Gasteiger partial charge in [0, 0.05) is 18.8 Å². The Morgan fingerprint density at radius 1 is 1.00 bits per heavy atom. The summed E-state index contributed by atoms with van der Waals surface area (Å²) in [4.78, 5) is 15.3. The lowest BCUT2D eigenvalue weighted by Gasteiger charge is -2.30. The first kappa shape index (κ1) is 19.6. The second-order valence-electron chi connectivity index (χ2n) is 7.36. The quantitative estimate of drug-likeness (QED) is 0.595. The second kappa shape index (κ2) is 8.78. The number of carbonyl (C=O) groups excluding carboxylic acids is 1. The third-order valence-electron chi connectivity index (χ3n) is 5.09. The lowest BCUT2D eigenvalue weighted by Crippen LogP contribution is -2.38. The van der Waals surface area contributed by atoms with Crippen molar-refractivity contribution < 1.29 is 4.79 Å². The normalized spacial score (nSPS) is 15.3. The molecule has 2 aromatic heterocycles. The first-order valence-electron chi connectivity index (χ1n) is 9.99. The van der Waals surface area contributed by atoms with Crippen LogP contribution in [0.5, 0.6) is 0 Å². The van der Waals surface area contributed by atoms with Gasteiger partial charge in [0.1, 0.15) is 10.3 Å². The fourth-order valence-electron chi connectivity index (χ4n) is 3.64. The number of rotatable bonds is 5. The number of aryl methyl sites for hydroxylation is 2. The van der Waals surface area contributed by atoms with Crippen LogP contribution in [0.4, 0.5) is 0 Å². The van der Waals surface area contributed by atoms with Gasteiger partial charge in [0.25, 0.3) is 0 Å². The number of hydrogen-bond acceptors (Lipinski definition) is 5. The van der Waals surface area contributed by atoms with Crippen LogP contribution in [0, 0.1) is 13.8 Å². The highest BCUT2D eigenvalue weighted by atomic mass is 32.2. The van der Waals surface area contributed by atoms with Gasteiger partial charge < -0.3 is 4.90 Å². The third-order valence-corrected chi connectivity index (χ3v) is 6.25. The number of carbonyl (C=O) groups is 1. The predicted octanol–water partition coefficient (Wildman–Crippen LogP) is 4.13. The van der Waals surface area contributed by atoms with Crippen LogP contribution >= 0.6 is 11.8 Å². The molecule has 0 N–H and O–H groups in total. The molecule has 3 aromatic rings. The van der Waals surface area contributed by atoms with Gasteiger partial charge in [-0.05, 0) is 56.9 Å². The maximum absolute atomic E-state index is 13.3. The van der Waals surface area contributed by atoms with Crippen molar-refractivity contribution >= 4 is 17.7 Å². The molecule has 1 aromatic carbocycles. The number of thioether (sulfide) groups is 1. The van der Waals surface area contributed by atoms with Crippen molar-refractivity contribution in [1.82, 2.24) is 24.9 Å². The fourth-order valence-corrected chi connectivity index (χ4v) is 4.66. The standard InChI is InChI=1S/C22H25N5OS/c1-16-15-17(2)27(25-16)19-11-12-20(24-23-19)29-21(18-9-5-3-6-10-18)22(28)26-13-7-4-8-14-26/h3,5-6,9-12,15,21H,4,7-8,13-14H2,1-2H3/t21-/m0/s1. The molecule has 0 aliphatic carbocycles. The first-order valence-corrected chi connectivity index (χ1v) is 10.9. The molecule has 1 fully saturated rings. The molecule has 29 heavy (non-hydrogen) atoms. The van der Waals surface area contributed by atoms with Crippen LogP contribution in [0.15, 0.2) is 53.6 Å². The van der Waals surface area contributed by atoms with Crippen LogP contribution in [-0.2, 0) is 4.79 Å². The van der Waals surface area contributed by atoms with E-state index in [9.17, 15) is 4.79 Å². The number of likely N-dealkylation sites (tertiary alicyclic amines) is 1. The van der Waals surface area contributed by atoms with E-state index in [0.29, 0.717) is 5.82 Å². The third kappa shape index (κ3) is 4.50. The van der Waals surface area contributed by atoms with E-state index in [1.807, 2.05) is 67.3 Å². The summed E-state index contributed by atoms with van der Waals surface area (Å²) in [6, 6.07) is 15.8. The number of piperidine rings is 1. The topological polar surface area (TPSA) is 63.9 Å². The van der Waals surface area contributed by atoms with E-state index in [2.05, 4.69) is 15.3 Å². The molecule has 150 valence electrons. The van der Waals surface area contributed by atoms with Gasteiger partial charge in [-0.15, -0.1) is 10.2 Å². The molecule has 4 rings (SSSR count). The fraction of sp³-hybridized carbons (Fsp3) is 0.364. The van der Waals surface area contributed by atoms with E-state index < -0.39 is 0 Å². The van der Waals surface area contributed by atoms with Gasteiger partial charge in [0.05, 0.1) is 5.69 Å². The molecule has 3 heterocycles.